The Morgan fingerprint density at radius 2 is 1.93 bits per heavy atom. The lowest BCUT2D eigenvalue weighted by molar-refractivity contribution is 0.0697. The second kappa shape index (κ2) is 7.70. The zero-order valence-corrected chi connectivity index (χ0v) is 16.6. The van der Waals surface area contributed by atoms with E-state index in [0.717, 1.165) is 16.7 Å². The molecule has 0 spiro atoms. The number of aryl methyl sites for hydroxylation is 1. The van der Waals surface area contributed by atoms with E-state index in [1.807, 2.05) is 44.2 Å². The Morgan fingerprint density at radius 3 is 2.57 bits per heavy atom. The van der Waals surface area contributed by atoms with Crippen molar-refractivity contribution in [1.82, 2.24) is 0 Å². The molecule has 0 fully saturated rings. The summed E-state index contributed by atoms with van der Waals surface area (Å²) in [4.78, 5) is 11.6. The molecule has 2 aromatic carbocycles. The highest BCUT2D eigenvalue weighted by molar-refractivity contribution is 6.31. The van der Waals surface area contributed by atoms with E-state index in [9.17, 15) is 15.0 Å². The Kier molecular flexibility index (Phi) is 5.49. The Morgan fingerprint density at radius 1 is 1.18 bits per heavy atom. The fourth-order valence-electron chi connectivity index (χ4n) is 3.11. The topological polar surface area (TPSA) is 82.7 Å². The first-order valence-electron chi connectivity index (χ1n) is 8.81. The summed E-state index contributed by atoms with van der Waals surface area (Å²) in [5, 5.41) is 23.8. The molecule has 3 N–H and O–H groups in total. The van der Waals surface area contributed by atoms with E-state index in [1.165, 1.54) is 6.07 Å². The number of hydrogen-bond acceptors (Lipinski definition) is 4. The minimum Gasteiger partial charge on any atom is -0.478 e. The summed E-state index contributed by atoms with van der Waals surface area (Å²) in [6.07, 6.45) is 2.24. The van der Waals surface area contributed by atoms with Gasteiger partial charge in [0.15, 0.2) is 0 Å². The van der Waals surface area contributed by atoms with Gasteiger partial charge in [-0.2, -0.15) is 0 Å². The number of carbonyl (C=O) groups is 1. The Bertz CT molecular complexity index is 996. The largest absolute Gasteiger partial charge is 0.478 e. The quantitative estimate of drug-likeness (QED) is 0.489. The molecule has 0 amide bonds. The maximum Gasteiger partial charge on any atom is 0.337 e. The van der Waals surface area contributed by atoms with Crippen LogP contribution in [0.3, 0.4) is 0 Å². The number of nitrogens with one attached hydrogen (secondary N) is 1. The maximum absolute atomic E-state index is 11.6. The smallest absolute Gasteiger partial charge is 0.337 e. The maximum atomic E-state index is 11.6. The van der Waals surface area contributed by atoms with Crippen molar-refractivity contribution in [2.24, 2.45) is 0 Å². The molecule has 1 heterocycles. The van der Waals surface area contributed by atoms with Crippen molar-refractivity contribution in [3.63, 3.8) is 0 Å². The van der Waals surface area contributed by atoms with Gasteiger partial charge in [0.1, 0.15) is 6.23 Å². The highest BCUT2D eigenvalue weighted by Crippen LogP contribution is 2.33. The first-order chi connectivity index (χ1) is 13.2. The molecule has 0 bridgehead atoms. The fourth-order valence-corrected chi connectivity index (χ4v) is 3.38. The molecule has 146 valence electrons. The number of anilines is 1. The van der Waals surface area contributed by atoms with Crippen molar-refractivity contribution < 1.29 is 19.4 Å². The summed E-state index contributed by atoms with van der Waals surface area (Å²) < 4.78 is 5.15. The molecule has 28 heavy (non-hydrogen) atoms. The number of carboxylic acid groups (broad SMARTS) is 1. The van der Waals surface area contributed by atoms with Gasteiger partial charge in [-0.1, -0.05) is 49.7 Å². The lowest BCUT2D eigenvalue weighted by atomic mass is 9.81. The van der Waals surface area contributed by atoms with Gasteiger partial charge in [-0.15, -0.1) is 0 Å². The SMILES string of the molecule is Cc1cc(Cl)cc(C(=O)O)c1NC(O)C(C)(C)c1cccc(-c2ccoc2)c1. The third-order valence-corrected chi connectivity index (χ3v) is 5.17. The Balaban J connectivity index is 1.94. The highest BCUT2D eigenvalue weighted by atomic mass is 35.5. The Hall–Kier alpha value is -2.76. The molecular formula is C22H22ClNO4. The van der Waals surface area contributed by atoms with Crippen molar-refractivity contribution in [2.75, 3.05) is 5.32 Å². The number of aliphatic hydroxyl groups excluding tert-OH is 1. The number of furan rings is 1. The summed E-state index contributed by atoms with van der Waals surface area (Å²) in [6.45, 7) is 5.54. The molecule has 6 heteroatoms. The summed E-state index contributed by atoms with van der Waals surface area (Å²) in [7, 11) is 0. The van der Waals surface area contributed by atoms with Gasteiger partial charge in [0, 0.05) is 16.0 Å². The van der Waals surface area contributed by atoms with Crippen molar-refractivity contribution in [3.05, 3.63) is 76.7 Å². The van der Waals surface area contributed by atoms with Crippen molar-refractivity contribution >= 4 is 23.3 Å². The van der Waals surface area contributed by atoms with Crippen molar-refractivity contribution in [3.8, 4) is 11.1 Å². The van der Waals surface area contributed by atoms with Crippen molar-refractivity contribution in [2.45, 2.75) is 32.4 Å². The molecule has 1 aromatic heterocycles. The minimum absolute atomic E-state index is 0.0204. The first-order valence-corrected chi connectivity index (χ1v) is 9.19. The van der Waals surface area contributed by atoms with Crippen LogP contribution in [0.1, 0.15) is 35.3 Å². The van der Waals surface area contributed by atoms with Crippen LogP contribution in [-0.4, -0.2) is 22.4 Å². The first kappa shape index (κ1) is 20.0. The predicted molar refractivity (Wildman–Crippen MR) is 110 cm³/mol. The van der Waals surface area contributed by atoms with Crippen LogP contribution in [0.5, 0.6) is 0 Å². The monoisotopic (exact) mass is 399 g/mol. The average Bonchev–Trinajstić information content (AvgIpc) is 3.18. The zero-order chi connectivity index (χ0) is 20.5. The molecule has 0 radical (unpaired) electrons. The number of rotatable bonds is 6. The van der Waals surface area contributed by atoms with Crippen LogP contribution in [0.2, 0.25) is 5.02 Å². The molecule has 0 aliphatic carbocycles. The van der Waals surface area contributed by atoms with E-state index >= 15 is 0 Å². The number of aliphatic hydroxyl groups is 1. The van der Waals surface area contributed by atoms with Gasteiger partial charge in [-0.25, -0.2) is 4.79 Å². The second-order valence-electron chi connectivity index (χ2n) is 7.31. The van der Waals surface area contributed by atoms with Crippen molar-refractivity contribution in [1.29, 1.82) is 0 Å². The van der Waals surface area contributed by atoms with Gasteiger partial charge in [-0.05, 0) is 41.8 Å². The lowest BCUT2D eigenvalue weighted by Gasteiger charge is -2.33. The van der Waals surface area contributed by atoms with Crippen LogP contribution in [0.15, 0.2) is 59.4 Å². The molecule has 0 saturated carbocycles. The normalized spacial score (nSPS) is 12.6. The Labute approximate surface area is 168 Å². The summed E-state index contributed by atoms with van der Waals surface area (Å²) >= 11 is 5.99. The van der Waals surface area contributed by atoms with E-state index < -0.39 is 17.6 Å². The van der Waals surface area contributed by atoms with Gasteiger partial charge < -0.3 is 19.9 Å². The number of aromatic carboxylic acids is 1. The van der Waals surface area contributed by atoms with E-state index in [-0.39, 0.29) is 5.56 Å². The third kappa shape index (κ3) is 3.91. The molecule has 1 unspecified atom stereocenters. The molecule has 0 aliphatic rings. The number of carboxylic acids is 1. The van der Waals surface area contributed by atoms with E-state index in [2.05, 4.69) is 5.32 Å². The van der Waals surface area contributed by atoms with Crippen LogP contribution in [-0.2, 0) is 5.41 Å². The van der Waals surface area contributed by atoms with E-state index in [1.54, 1.807) is 25.5 Å². The zero-order valence-electron chi connectivity index (χ0n) is 15.9. The number of benzene rings is 2. The van der Waals surface area contributed by atoms with Gasteiger partial charge in [-0.3, -0.25) is 0 Å². The molecule has 3 rings (SSSR count). The average molecular weight is 400 g/mol. The van der Waals surface area contributed by atoms with Crippen LogP contribution >= 0.6 is 11.6 Å². The summed E-state index contributed by atoms with van der Waals surface area (Å²) in [5.41, 5.74) is 3.13. The van der Waals surface area contributed by atoms with Crippen LogP contribution in [0.25, 0.3) is 11.1 Å². The molecular weight excluding hydrogens is 378 g/mol. The molecule has 5 nitrogen and oxygen atoms in total. The predicted octanol–water partition coefficient (Wildman–Crippen LogP) is 5.31. The number of hydrogen-bond donors (Lipinski definition) is 3. The molecule has 0 saturated heterocycles. The highest BCUT2D eigenvalue weighted by Gasteiger charge is 2.31. The van der Waals surface area contributed by atoms with Gasteiger partial charge in [0.05, 0.1) is 23.8 Å². The van der Waals surface area contributed by atoms with Crippen LogP contribution in [0, 0.1) is 6.92 Å². The standard InChI is InChI=1S/C22H22ClNO4/c1-13-9-17(23)11-18(20(25)26)19(13)24-21(27)22(2,3)16-6-4-5-14(10-16)15-7-8-28-12-15/h4-12,21,24,27H,1-3H3,(H,25,26). The van der Waals surface area contributed by atoms with E-state index in [0.29, 0.717) is 16.3 Å². The minimum atomic E-state index is -1.11. The lowest BCUT2D eigenvalue weighted by Crippen LogP contribution is -2.40. The molecule has 1 atom stereocenters. The van der Waals surface area contributed by atoms with Crippen LogP contribution < -0.4 is 5.32 Å². The van der Waals surface area contributed by atoms with Gasteiger partial charge in [0.25, 0.3) is 0 Å². The second-order valence-corrected chi connectivity index (χ2v) is 7.75. The fraction of sp³-hybridized carbons (Fsp3) is 0.227. The summed E-state index contributed by atoms with van der Waals surface area (Å²) in [5.74, 6) is -1.11. The van der Waals surface area contributed by atoms with Crippen LogP contribution in [0.4, 0.5) is 5.69 Å². The molecule has 3 aromatic rings. The molecule has 0 aliphatic heterocycles. The summed E-state index contributed by atoms with van der Waals surface area (Å²) in [6, 6.07) is 12.7. The van der Waals surface area contributed by atoms with Gasteiger partial charge in [0.2, 0.25) is 0 Å². The number of halogens is 1. The third-order valence-electron chi connectivity index (χ3n) is 4.96. The van der Waals surface area contributed by atoms with E-state index in [4.69, 9.17) is 16.0 Å². The van der Waals surface area contributed by atoms with Gasteiger partial charge >= 0.3 is 5.97 Å².